The van der Waals surface area contributed by atoms with E-state index in [0.29, 0.717) is 29.6 Å². The smallest absolute Gasteiger partial charge is 0.300 e. The first-order valence-corrected chi connectivity index (χ1v) is 9.00. The van der Waals surface area contributed by atoms with Crippen molar-refractivity contribution in [3.05, 3.63) is 40.0 Å². The summed E-state index contributed by atoms with van der Waals surface area (Å²) < 4.78 is 6.15. The lowest BCUT2D eigenvalue weighted by Crippen LogP contribution is -2.44. The third kappa shape index (κ3) is 3.00. The lowest BCUT2D eigenvalue weighted by molar-refractivity contribution is -0.114. The molecule has 0 spiro atoms. The largest absolute Gasteiger partial charge is 0.339 e. The van der Waals surface area contributed by atoms with Gasteiger partial charge < -0.3 is 4.52 Å². The molecule has 1 amide bonds. The monoisotopic (exact) mass is 404 g/mol. The molecule has 0 bridgehead atoms. The number of hydrogen-bond acceptors (Lipinski definition) is 6. The van der Waals surface area contributed by atoms with Crippen LogP contribution in [0, 0.1) is 6.92 Å². The molecule has 1 aromatic carbocycles. The molecule has 0 radical (unpaired) electrons. The molecule has 2 aliphatic heterocycles. The Morgan fingerprint density at radius 3 is 2.96 bits per heavy atom. The summed E-state index contributed by atoms with van der Waals surface area (Å²) in [5, 5.41) is 3.86. The van der Waals surface area contributed by atoms with Gasteiger partial charge >= 0.3 is 5.91 Å². The number of likely N-dealkylation sites (tertiary alicyclic amines) is 1. The number of aromatic nitrogens is 2. The molecule has 130 valence electrons. The number of carbonyl (C=O) groups excluding carboxylic acids is 2. The van der Waals surface area contributed by atoms with E-state index in [9.17, 15) is 9.59 Å². The fraction of sp³-hybridized carbons (Fsp3) is 0.412. The number of rotatable bonds is 3. The van der Waals surface area contributed by atoms with E-state index in [1.807, 2.05) is 6.07 Å². The van der Waals surface area contributed by atoms with Crippen LogP contribution in [-0.4, -0.2) is 46.5 Å². The molecule has 1 fully saturated rings. The zero-order valence-corrected chi connectivity index (χ0v) is 15.3. The molecular weight excluding hydrogens is 388 g/mol. The summed E-state index contributed by atoms with van der Waals surface area (Å²) in [6, 6.07) is 5.29. The van der Waals surface area contributed by atoms with Crippen molar-refractivity contribution in [2.24, 2.45) is 0 Å². The number of benzene rings is 1. The van der Waals surface area contributed by atoms with Crippen LogP contribution in [0.2, 0.25) is 0 Å². The van der Waals surface area contributed by atoms with E-state index in [1.54, 1.807) is 24.0 Å². The van der Waals surface area contributed by atoms with Crippen LogP contribution < -0.4 is 4.90 Å². The van der Waals surface area contributed by atoms with E-state index in [4.69, 9.17) is 4.52 Å². The van der Waals surface area contributed by atoms with Crippen LogP contribution in [0.25, 0.3) is 0 Å². The van der Waals surface area contributed by atoms with E-state index in [2.05, 4.69) is 31.0 Å². The second-order valence-electron chi connectivity index (χ2n) is 6.46. The SMILES string of the molecule is Cc1noc(C2CCCN(CN3C(=O)C(=O)c4ccc(Br)cc43)C2)n1. The number of hydrogen-bond donors (Lipinski definition) is 0. The van der Waals surface area contributed by atoms with Gasteiger partial charge in [-0.1, -0.05) is 21.1 Å². The van der Waals surface area contributed by atoms with E-state index >= 15 is 0 Å². The molecule has 25 heavy (non-hydrogen) atoms. The van der Waals surface area contributed by atoms with Gasteiger partial charge in [0.25, 0.3) is 5.78 Å². The number of halogens is 1. The highest BCUT2D eigenvalue weighted by atomic mass is 79.9. The molecule has 3 heterocycles. The van der Waals surface area contributed by atoms with Gasteiger partial charge in [0.15, 0.2) is 5.82 Å². The van der Waals surface area contributed by atoms with Crippen LogP contribution in [0.4, 0.5) is 5.69 Å². The van der Waals surface area contributed by atoms with Gasteiger partial charge in [0.05, 0.1) is 23.8 Å². The second kappa shape index (κ2) is 6.34. The molecule has 0 saturated carbocycles. The summed E-state index contributed by atoms with van der Waals surface area (Å²) in [5.41, 5.74) is 1.13. The molecule has 1 unspecified atom stereocenters. The summed E-state index contributed by atoms with van der Waals surface area (Å²) in [5.74, 6) is 0.526. The Morgan fingerprint density at radius 1 is 1.36 bits per heavy atom. The zero-order chi connectivity index (χ0) is 17.6. The lowest BCUT2D eigenvalue weighted by atomic mass is 9.98. The minimum Gasteiger partial charge on any atom is -0.339 e. The van der Waals surface area contributed by atoms with E-state index in [-0.39, 0.29) is 5.92 Å². The van der Waals surface area contributed by atoms with E-state index < -0.39 is 11.7 Å². The highest BCUT2D eigenvalue weighted by Gasteiger charge is 2.37. The predicted octanol–water partition coefficient (Wildman–Crippen LogP) is 2.51. The van der Waals surface area contributed by atoms with Gasteiger partial charge in [0, 0.05) is 11.0 Å². The Hall–Kier alpha value is -2.06. The van der Waals surface area contributed by atoms with Crippen molar-refractivity contribution in [3.8, 4) is 0 Å². The van der Waals surface area contributed by atoms with E-state index in [0.717, 1.165) is 30.4 Å². The standard InChI is InChI=1S/C17H17BrN4O3/c1-10-19-16(25-20-10)11-3-2-6-21(8-11)9-22-14-7-12(18)4-5-13(14)15(23)17(22)24/h4-5,7,11H,2-3,6,8-9H2,1H3. The molecule has 1 saturated heterocycles. The van der Waals surface area contributed by atoms with Gasteiger partial charge in [-0.25, -0.2) is 0 Å². The summed E-state index contributed by atoms with van der Waals surface area (Å²) in [6.45, 7) is 3.78. The van der Waals surface area contributed by atoms with Crippen LogP contribution in [-0.2, 0) is 4.79 Å². The van der Waals surface area contributed by atoms with Gasteiger partial charge in [0.2, 0.25) is 5.89 Å². The Balaban J connectivity index is 1.53. The van der Waals surface area contributed by atoms with Crippen molar-refractivity contribution in [2.45, 2.75) is 25.7 Å². The number of anilines is 1. The average molecular weight is 405 g/mol. The fourth-order valence-electron chi connectivity index (χ4n) is 3.47. The maximum atomic E-state index is 12.4. The molecule has 1 aromatic heterocycles. The summed E-state index contributed by atoms with van der Waals surface area (Å²) in [7, 11) is 0. The van der Waals surface area contributed by atoms with Gasteiger partial charge in [-0.2, -0.15) is 4.98 Å². The van der Waals surface area contributed by atoms with Crippen molar-refractivity contribution >= 4 is 33.3 Å². The van der Waals surface area contributed by atoms with Crippen LogP contribution >= 0.6 is 15.9 Å². The molecule has 2 aliphatic rings. The normalized spacial score (nSPS) is 21.0. The quantitative estimate of drug-likeness (QED) is 0.731. The first-order valence-electron chi connectivity index (χ1n) is 8.21. The van der Waals surface area contributed by atoms with Gasteiger partial charge in [-0.15, -0.1) is 0 Å². The Kier molecular flexibility index (Phi) is 4.16. The minimum absolute atomic E-state index is 0.158. The highest BCUT2D eigenvalue weighted by molar-refractivity contribution is 9.10. The van der Waals surface area contributed by atoms with Crippen LogP contribution in [0.5, 0.6) is 0 Å². The van der Waals surface area contributed by atoms with Crippen molar-refractivity contribution in [3.63, 3.8) is 0 Å². The van der Waals surface area contributed by atoms with Crippen molar-refractivity contribution in [2.75, 3.05) is 24.7 Å². The second-order valence-corrected chi connectivity index (χ2v) is 7.38. The fourth-order valence-corrected chi connectivity index (χ4v) is 3.82. The van der Waals surface area contributed by atoms with E-state index in [1.165, 1.54) is 0 Å². The highest BCUT2D eigenvalue weighted by Crippen LogP contribution is 2.33. The predicted molar refractivity (Wildman–Crippen MR) is 93.4 cm³/mol. The Bertz CT molecular complexity index is 850. The average Bonchev–Trinajstić information content (AvgIpc) is 3.13. The number of aryl methyl sites for hydroxylation is 1. The third-order valence-corrected chi connectivity index (χ3v) is 5.17. The van der Waals surface area contributed by atoms with Crippen LogP contribution in [0.3, 0.4) is 0 Å². The van der Waals surface area contributed by atoms with Crippen molar-refractivity contribution in [1.29, 1.82) is 0 Å². The van der Waals surface area contributed by atoms with Crippen LogP contribution in [0.15, 0.2) is 27.2 Å². The maximum absolute atomic E-state index is 12.4. The molecule has 4 rings (SSSR count). The first-order chi connectivity index (χ1) is 12.0. The summed E-state index contributed by atoms with van der Waals surface area (Å²) in [6.07, 6.45) is 1.96. The molecule has 0 N–H and O–H groups in total. The molecular formula is C17H17BrN4O3. The molecule has 0 aliphatic carbocycles. The number of Topliss-reactive ketones (excluding diaryl/α,β-unsaturated/α-hetero) is 1. The van der Waals surface area contributed by atoms with Crippen molar-refractivity contribution < 1.29 is 14.1 Å². The van der Waals surface area contributed by atoms with Crippen molar-refractivity contribution in [1.82, 2.24) is 15.0 Å². The maximum Gasteiger partial charge on any atom is 0.300 e. The van der Waals surface area contributed by atoms with Gasteiger partial charge in [-0.05, 0) is 44.5 Å². The summed E-state index contributed by atoms with van der Waals surface area (Å²) in [4.78, 5) is 32.6. The van der Waals surface area contributed by atoms with Gasteiger partial charge in [-0.3, -0.25) is 19.4 Å². The number of fused-ring (bicyclic) bond motifs is 1. The number of amides is 1. The first kappa shape index (κ1) is 16.4. The molecule has 8 heteroatoms. The Morgan fingerprint density at radius 2 is 2.20 bits per heavy atom. The zero-order valence-electron chi connectivity index (χ0n) is 13.7. The summed E-state index contributed by atoms with van der Waals surface area (Å²) >= 11 is 3.41. The number of carbonyl (C=O) groups is 2. The topological polar surface area (TPSA) is 79.5 Å². The van der Waals surface area contributed by atoms with Gasteiger partial charge in [0.1, 0.15) is 0 Å². The molecule has 2 aromatic rings. The lowest BCUT2D eigenvalue weighted by Gasteiger charge is -2.33. The molecule has 1 atom stereocenters. The minimum atomic E-state index is -0.469. The number of nitrogens with zero attached hydrogens (tertiary/aromatic N) is 4. The molecule has 7 nitrogen and oxygen atoms in total. The number of piperidine rings is 1. The third-order valence-electron chi connectivity index (χ3n) is 4.67. The Labute approximate surface area is 153 Å². The van der Waals surface area contributed by atoms with Crippen LogP contribution in [0.1, 0.15) is 40.8 Å². The number of ketones is 1.